The van der Waals surface area contributed by atoms with Crippen molar-refractivity contribution < 1.29 is 0 Å². The van der Waals surface area contributed by atoms with Crippen LogP contribution in [0.5, 0.6) is 0 Å². The zero-order valence-electron chi connectivity index (χ0n) is 12.3. The van der Waals surface area contributed by atoms with Gasteiger partial charge in [-0.3, -0.25) is 0 Å². The lowest BCUT2D eigenvalue weighted by atomic mass is 10.00. The highest BCUT2D eigenvalue weighted by atomic mass is 32.1. The maximum absolute atomic E-state index is 5.37. The molecule has 0 bridgehead atoms. The molecular weight excluding hydrogens is 264 g/mol. The second-order valence-electron chi connectivity index (χ2n) is 5.22. The summed E-state index contributed by atoms with van der Waals surface area (Å²) in [4.78, 5) is 0. The van der Waals surface area contributed by atoms with Gasteiger partial charge in [-0.15, -0.1) is 0 Å². The van der Waals surface area contributed by atoms with Crippen molar-refractivity contribution >= 4 is 28.1 Å². The zero-order valence-corrected chi connectivity index (χ0v) is 13.1. The van der Waals surface area contributed by atoms with E-state index in [-0.39, 0.29) is 6.04 Å². The smallest absolute Gasteiger partial charge is 0.166 e. The summed E-state index contributed by atoms with van der Waals surface area (Å²) in [6.07, 6.45) is 1.06. The predicted octanol–water partition coefficient (Wildman–Crippen LogP) is 4.16. The van der Waals surface area contributed by atoms with Gasteiger partial charge in [0.1, 0.15) is 0 Å². The maximum atomic E-state index is 5.37. The van der Waals surface area contributed by atoms with Crippen LogP contribution >= 0.6 is 12.2 Å². The Hall–Kier alpha value is -1.61. The van der Waals surface area contributed by atoms with E-state index in [4.69, 9.17) is 12.2 Å². The van der Waals surface area contributed by atoms with Crippen molar-refractivity contribution in [2.45, 2.75) is 39.3 Å². The minimum atomic E-state index is 0.185. The molecule has 0 spiro atoms. The van der Waals surface area contributed by atoms with Gasteiger partial charge < -0.3 is 10.6 Å². The Morgan fingerprint density at radius 1 is 1.05 bits per heavy atom. The topological polar surface area (TPSA) is 24.1 Å². The van der Waals surface area contributed by atoms with Crippen LogP contribution in [0.25, 0.3) is 10.8 Å². The van der Waals surface area contributed by atoms with Crippen LogP contribution in [0.2, 0.25) is 0 Å². The van der Waals surface area contributed by atoms with Gasteiger partial charge in [-0.25, -0.2) is 0 Å². The van der Waals surface area contributed by atoms with Crippen LogP contribution in [-0.2, 0) is 0 Å². The van der Waals surface area contributed by atoms with E-state index in [1.807, 2.05) is 0 Å². The van der Waals surface area contributed by atoms with Gasteiger partial charge in [0, 0.05) is 6.04 Å². The third-order valence-electron chi connectivity index (χ3n) is 3.63. The maximum Gasteiger partial charge on any atom is 0.166 e. The molecule has 2 atom stereocenters. The van der Waals surface area contributed by atoms with Crippen molar-refractivity contribution in [2.24, 2.45) is 0 Å². The first-order valence-electron chi connectivity index (χ1n) is 7.16. The molecule has 0 radical (unpaired) electrons. The summed E-state index contributed by atoms with van der Waals surface area (Å²) < 4.78 is 0. The predicted molar refractivity (Wildman–Crippen MR) is 91.0 cm³/mol. The molecule has 20 heavy (non-hydrogen) atoms. The average molecular weight is 286 g/mol. The van der Waals surface area contributed by atoms with Gasteiger partial charge >= 0.3 is 0 Å². The molecule has 0 aliphatic heterocycles. The molecule has 106 valence electrons. The molecular formula is C17H22N2S. The van der Waals surface area contributed by atoms with E-state index in [0.717, 1.165) is 11.5 Å². The molecule has 2 nitrogen and oxygen atoms in total. The fourth-order valence-corrected chi connectivity index (χ4v) is 2.65. The van der Waals surface area contributed by atoms with E-state index in [2.05, 4.69) is 73.9 Å². The standard InChI is InChI=1S/C17H22N2S/c1-4-12(2)18-17(20)19-13(3)15-11-7-9-14-8-5-6-10-16(14)15/h5-13H,4H2,1-3H3,(H2,18,19,20)/t12-,13+/m0/s1. The molecule has 0 aromatic heterocycles. The van der Waals surface area contributed by atoms with Crippen LogP contribution in [-0.4, -0.2) is 11.2 Å². The van der Waals surface area contributed by atoms with Crippen molar-refractivity contribution in [1.29, 1.82) is 0 Å². The Morgan fingerprint density at radius 2 is 1.75 bits per heavy atom. The SMILES string of the molecule is CC[C@H](C)NC(=S)N[C@H](C)c1cccc2ccccc12. The summed E-state index contributed by atoms with van der Waals surface area (Å²) in [5.41, 5.74) is 1.27. The highest BCUT2D eigenvalue weighted by Gasteiger charge is 2.11. The minimum absolute atomic E-state index is 0.185. The largest absolute Gasteiger partial charge is 0.360 e. The number of thiocarbonyl (C=S) groups is 1. The van der Waals surface area contributed by atoms with E-state index in [9.17, 15) is 0 Å². The fourth-order valence-electron chi connectivity index (χ4n) is 2.27. The Morgan fingerprint density at radius 3 is 2.50 bits per heavy atom. The highest BCUT2D eigenvalue weighted by molar-refractivity contribution is 7.80. The van der Waals surface area contributed by atoms with Crippen molar-refractivity contribution in [3.05, 3.63) is 48.0 Å². The molecule has 0 heterocycles. The molecule has 0 saturated heterocycles. The molecule has 0 aliphatic carbocycles. The number of rotatable bonds is 4. The third kappa shape index (κ3) is 3.48. The van der Waals surface area contributed by atoms with Gasteiger partial charge in [-0.2, -0.15) is 0 Å². The van der Waals surface area contributed by atoms with Crippen LogP contribution in [0.3, 0.4) is 0 Å². The summed E-state index contributed by atoms with van der Waals surface area (Å²) >= 11 is 5.37. The van der Waals surface area contributed by atoms with Gasteiger partial charge in [-0.05, 0) is 48.8 Å². The van der Waals surface area contributed by atoms with Crippen LogP contribution in [0, 0.1) is 0 Å². The van der Waals surface area contributed by atoms with Gasteiger partial charge in [0.25, 0.3) is 0 Å². The molecule has 2 N–H and O–H groups in total. The van der Waals surface area contributed by atoms with Crippen LogP contribution in [0.4, 0.5) is 0 Å². The molecule has 0 fully saturated rings. The van der Waals surface area contributed by atoms with Crippen molar-refractivity contribution in [1.82, 2.24) is 10.6 Å². The number of hydrogen-bond donors (Lipinski definition) is 2. The van der Waals surface area contributed by atoms with E-state index in [1.54, 1.807) is 0 Å². The van der Waals surface area contributed by atoms with Gasteiger partial charge in [0.15, 0.2) is 5.11 Å². The Balaban J connectivity index is 2.15. The Kier molecular flexibility index (Phi) is 4.96. The van der Waals surface area contributed by atoms with E-state index >= 15 is 0 Å². The zero-order chi connectivity index (χ0) is 14.5. The number of benzene rings is 2. The van der Waals surface area contributed by atoms with E-state index in [1.165, 1.54) is 16.3 Å². The second-order valence-corrected chi connectivity index (χ2v) is 5.63. The summed E-state index contributed by atoms with van der Waals surface area (Å²) in [6, 6.07) is 15.4. The molecule has 2 rings (SSSR count). The lowest BCUT2D eigenvalue weighted by Crippen LogP contribution is -2.41. The molecule has 3 heteroatoms. The number of hydrogen-bond acceptors (Lipinski definition) is 1. The van der Waals surface area contributed by atoms with Gasteiger partial charge in [-0.1, -0.05) is 49.4 Å². The van der Waals surface area contributed by atoms with Gasteiger partial charge in [0.2, 0.25) is 0 Å². The highest BCUT2D eigenvalue weighted by Crippen LogP contribution is 2.23. The second kappa shape index (κ2) is 6.71. The van der Waals surface area contributed by atoms with E-state index < -0.39 is 0 Å². The number of fused-ring (bicyclic) bond motifs is 1. The average Bonchev–Trinajstić information content (AvgIpc) is 2.46. The first-order valence-corrected chi connectivity index (χ1v) is 7.57. The first-order chi connectivity index (χ1) is 9.61. The first kappa shape index (κ1) is 14.8. The van der Waals surface area contributed by atoms with E-state index in [0.29, 0.717) is 6.04 Å². The van der Waals surface area contributed by atoms with Crippen molar-refractivity contribution in [3.8, 4) is 0 Å². The van der Waals surface area contributed by atoms with Crippen LogP contribution < -0.4 is 10.6 Å². The quantitative estimate of drug-likeness (QED) is 0.825. The third-order valence-corrected chi connectivity index (χ3v) is 3.86. The lowest BCUT2D eigenvalue weighted by Gasteiger charge is -2.21. The summed E-state index contributed by atoms with van der Waals surface area (Å²) in [7, 11) is 0. The summed E-state index contributed by atoms with van der Waals surface area (Å²) in [6.45, 7) is 6.43. The van der Waals surface area contributed by atoms with Gasteiger partial charge in [0.05, 0.1) is 6.04 Å². The van der Waals surface area contributed by atoms with Crippen LogP contribution in [0.15, 0.2) is 42.5 Å². The molecule has 2 aromatic carbocycles. The molecule has 0 saturated carbocycles. The van der Waals surface area contributed by atoms with Crippen molar-refractivity contribution in [2.75, 3.05) is 0 Å². The fraction of sp³-hybridized carbons (Fsp3) is 0.353. The van der Waals surface area contributed by atoms with Crippen LogP contribution in [0.1, 0.15) is 38.8 Å². The monoisotopic (exact) mass is 286 g/mol. The molecule has 0 unspecified atom stereocenters. The van der Waals surface area contributed by atoms with Crippen molar-refractivity contribution in [3.63, 3.8) is 0 Å². The summed E-state index contributed by atoms with van der Waals surface area (Å²) in [5.74, 6) is 0. The Labute approximate surface area is 126 Å². The lowest BCUT2D eigenvalue weighted by molar-refractivity contribution is 0.616. The summed E-state index contributed by atoms with van der Waals surface area (Å²) in [5, 5.41) is 9.94. The molecule has 2 aromatic rings. The normalized spacial score (nSPS) is 13.8. The molecule has 0 aliphatic rings. The minimum Gasteiger partial charge on any atom is -0.360 e. The molecule has 0 amide bonds. The Bertz CT molecular complexity index is 589. The number of nitrogens with one attached hydrogen (secondary N) is 2.